The first-order valence-corrected chi connectivity index (χ1v) is 9.94. The van der Waals surface area contributed by atoms with Gasteiger partial charge in [-0.05, 0) is 42.5 Å². The first-order chi connectivity index (χ1) is 14.0. The topological polar surface area (TPSA) is 128 Å². The Balaban J connectivity index is 1.46. The fraction of sp³-hybridized carbons (Fsp3) is 0.0526. The summed E-state index contributed by atoms with van der Waals surface area (Å²) >= 11 is 0. The number of hydrogen-bond donors (Lipinski definition) is 2. The van der Waals surface area contributed by atoms with Gasteiger partial charge in [0, 0.05) is 11.8 Å². The predicted octanol–water partition coefficient (Wildman–Crippen LogP) is 3.26. The Kier molecular flexibility index (Phi) is 5.02. The van der Waals surface area contributed by atoms with Crippen molar-refractivity contribution >= 4 is 21.6 Å². The van der Waals surface area contributed by atoms with E-state index in [1.54, 1.807) is 30.3 Å². The van der Waals surface area contributed by atoms with E-state index >= 15 is 0 Å². The van der Waals surface area contributed by atoms with E-state index in [-0.39, 0.29) is 17.1 Å². The molecule has 9 nitrogen and oxygen atoms in total. The molecule has 4 aromatic rings. The highest BCUT2D eigenvalue weighted by Gasteiger charge is 2.18. The standard InChI is InChI=1S/C19H15N3O6S/c23-19(16-11-18(28-22-16)17-7-3-9-27-17)21-13-4-1-6-15(10-13)29(24,25)20-12-14-5-2-8-26-14/h1-11,20H,12H2,(H,21,23). The number of nitrogens with zero attached hydrogens (tertiary/aromatic N) is 1. The molecule has 0 bridgehead atoms. The molecule has 0 spiro atoms. The number of amides is 1. The van der Waals surface area contributed by atoms with Gasteiger partial charge in [0.1, 0.15) is 5.76 Å². The van der Waals surface area contributed by atoms with Crippen molar-refractivity contribution in [3.63, 3.8) is 0 Å². The number of hydrogen-bond acceptors (Lipinski definition) is 7. The molecule has 0 saturated heterocycles. The molecule has 0 aliphatic carbocycles. The van der Waals surface area contributed by atoms with E-state index in [0.717, 1.165) is 0 Å². The molecule has 3 heterocycles. The second-order valence-corrected chi connectivity index (χ2v) is 7.71. The van der Waals surface area contributed by atoms with E-state index < -0.39 is 15.9 Å². The molecule has 2 N–H and O–H groups in total. The van der Waals surface area contributed by atoms with Crippen LogP contribution in [0.4, 0.5) is 5.69 Å². The third kappa shape index (κ3) is 4.28. The normalized spacial score (nSPS) is 11.4. The number of anilines is 1. The van der Waals surface area contributed by atoms with Crippen molar-refractivity contribution in [1.82, 2.24) is 9.88 Å². The monoisotopic (exact) mass is 413 g/mol. The van der Waals surface area contributed by atoms with Crippen LogP contribution < -0.4 is 10.0 Å². The van der Waals surface area contributed by atoms with Gasteiger partial charge in [0.15, 0.2) is 11.5 Å². The van der Waals surface area contributed by atoms with Crippen molar-refractivity contribution in [3.8, 4) is 11.5 Å². The second kappa shape index (κ2) is 7.78. The van der Waals surface area contributed by atoms with E-state index in [1.165, 1.54) is 36.8 Å². The molecule has 0 saturated carbocycles. The lowest BCUT2D eigenvalue weighted by atomic mass is 10.3. The molecule has 4 rings (SSSR count). The van der Waals surface area contributed by atoms with Crippen LogP contribution in [-0.4, -0.2) is 19.5 Å². The van der Waals surface area contributed by atoms with E-state index in [2.05, 4.69) is 15.2 Å². The molecule has 10 heteroatoms. The minimum absolute atomic E-state index is 0.00159. The zero-order valence-electron chi connectivity index (χ0n) is 14.9. The number of carbonyl (C=O) groups excluding carboxylic acids is 1. The fourth-order valence-electron chi connectivity index (χ4n) is 2.52. The van der Waals surface area contributed by atoms with Crippen molar-refractivity contribution in [3.05, 3.63) is 78.6 Å². The van der Waals surface area contributed by atoms with Gasteiger partial charge in [0.05, 0.1) is 24.0 Å². The third-order valence-electron chi connectivity index (χ3n) is 3.93. The van der Waals surface area contributed by atoms with Crippen molar-refractivity contribution in [2.24, 2.45) is 0 Å². The SMILES string of the molecule is O=C(Nc1cccc(S(=O)(=O)NCc2ccco2)c1)c1cc(-c2ccco2)on1. The van der Waals surface area contributed by atoms with Crippen molar-refractivity contribution in [1.29, 1.82) is 0 Å². The van der Waals surface area contributed by atoms with Gasteiger partial charge in [-0.2, -0.15) is 0 Å². The van der Waals surface area contributed by atoms with Crippen LogP contribution >= 0.6 is 0 Å². The van der Waals surface area contributed by atoms with Gasteiger partial charge >= 0.3 is 0 Å². The molecule has 29 heavy (non-hydrogen) atoms. The lowest BCUT2D eigenvalue weighted by Crippen LogP contribution is -2.23. The number of nitrogens with one attached hydrogen (secondary N) is 2. The average Bonchev–Trinajstić information content (AvgIpc) is 3.49. The molecule has 0 unspecified atom stereocenters. The van der Waals surface area contributed by atoms with Crippen molar-refractivity contribution < 1.29 is 26.6 Å². The molecule has 0 radical (unpaired) electrons. The van der Waals surface area contributed by atoms with Gasteiger partial charge < -0.3 is 18.7 Å². The summed E-state index contributed by atoms with van der Waals surface area (Å²) in [7, 11) is -3.79. The minimum Gasteiger partial charge on any atom is -0.468 e. The molecule has 148 valence electrons. The molecule has 0 atom stereocenters. The van der Waals surface area contributed by atoms with Crippen LogP contribution in [0.1, 0.15) is 16.2 Å². The van der Waals surface area contributed by atoms with E-state index in [1.807, 2.05) is 0 Å². The minimum atomic E-state index is -3.79. The lowest BCUT2D eigenvalue weighted by Gasteiger charge is -2.08. The maximum Gasteiger partial charge on any atom is 0.277 e. The van der Waals surface area contributed by atoms with Crippen LogP contribution in [-0.2, 0) is 16.6 Å². The number of sulfonamides is 1. The first kappa shape index (κ1) is 18.7. The Hall–Kier alpha value is -3.63. The van der Waals surface area contributed by atoms with E-state index in [4.69, 9.17) is 13.4 Å². The number of rotatable bonds is 7. The van der Waals surface area contributed by atoms with Gasteiger partial charge in [0.2, 0.25) is 15.8 Å². The third-order valence-corrected chi connectivity index (χ3v) is 5.32. The molecule has 0 aliphatic heterocycles. The summed E-state index contributed by atoms with van der Waals surface area (Å²) in [5.41, 5.74) is 0.319. The van der Waals surface area contributed by atoms with Crippen molar-refractivity contribution in [2.45, 2.75) is 11.4 Å². The number of furan rings is 2. The summed E-state index contributed by atoms with van der Waals surface area (Å²) in [6.45, 7) is 0.0143. The van der Waals surface area contributed by atoms with Crippen LogP contribution in [0, 0.1) is 0 Å². The van der Waals surface area contributed by atoms with E-state index in [0.29, 0.717) is 23.0 Å². The first-order valence-electron chi connectivity index (χ1n) is 8.45. The largest absolute Gasteiger partial charge is 0.468 e. The Morgan fingerprint density at radius 3 is 2.55 bits per heavy atom. The predicted molar refractivity (Wildman–Crippen MR) is 101 cm³/mol. The molecule has 0 aliphatic rings. The zero-order valence-corrected chi connectivity index (χ0v) is 15.7. The van der Waals surface area contributed by atoms with Crippen molar-refractivity contribution in [2.75, 3.05) is 5.32 Å². The van der Waals surface area contributed by atoms with Gasteiger partial charge in [-0.15, -0.1) is 0 Å². The zero-order chi connectivity index (χ0) is 20.3. The Labute approximate surface area is 165 Å². The van der Waals surface area contributed by atoms with Gasteiger partial charge in [-0.3, -0.25) is 4.79 Å². The maximum atomic E-state index is 12.5. The van der Waals surface area contributed by atoms with Crippen LogP contribution in [0.2, 0.25) is 0 Å². The van der Waals surface area contributed by atoms with Gasteiger partial charge in [-0.1, -0.05) is 11.2 Å². The molecule has 3 aromatic heterocycles. The Bertz CT molecular complexity index is 1210. The van der Waals surface area contributed by atoms with Gasteiger partial charge in [-0.25, -0.2) is 13.1 Å². The summed E-state index contributed by atoms with van der Waals surface area (Å²) in [6, 6.07) is 14.0. The van der Waals surface area contributed by atoms with Crippen LogP contribution in [0.25, 0.3) is 11.5 Å². The quantitative estimate of drug-likeness (QED) is 0.476. The Morgan fingerprint density at radius 2 is 1.79 bits per heavy atom. The highest BCUT2D eigenvalue weighted by molar-refractivity contribution is 7.89. The van der Waals surface area contributed by atoms with E-state index in [9.17, 15) is 13.2 Å². The highest BCUT2D eigenvalue weighted by Crippen LogP contribution is 2.22. The lowest BCUT2D eigenvalue weighted by molar-refractivity contribution is 0.101. The molecule has 1 aromatic carbocycles. The van der Waals surface area contributed by atoms with Crippen LogP contribution in [0.3, 0.4) is 0 Å². The fourth-order valence-corrected chi connectivity index (χ4v) is 3.55. The maximum absolute atomic E-state index is 12.5. The summed E-state index contributed by atoms with van der Waals surface area (Å²) < 4.78 is 42.8. The molecular weight excluding hydrogens is 398 g/mol. The molecule has 0 fully saturated rings. The summed E-state index contributed by atoms with van der Waals surface area (Å²) in [4.78, 5) is 12.4. The number of carbonyl (C=O) groups is 1. The smallest absolute Gasteiger partial charge is 0.277 e. The van der Waals surface area contributed by atoms with Crippen LogP contribution in [0.15, 0.2) is 85.4 Å². The second-order valence-electron chi connectivity index (χ2n) is 5.94. The van der Waals surface area contributed by atoms with Gasteiger partial charge in [0.25, 0.3) is 5.91 Å². The molecular formula is C19H15N3O6S. The van der Waals surface area contributed by atoms with Crippen LogP contribution in [0.5, 0.6) is 0 Å². The molecule has 1 amide bonds. The number of benzene rings is 1. The highest BCUT2D eigenvalue weighted by atomic mass is 32.2. The summed E-state index contributed by atoms with van der Waals surface area (Å²) in [6.07, 6.45) is 2.93. The Morgan fingerprint density at radius 1 is 0.966 bits per heavy atom. The number of aromatic nitrogens is 1. The average molecular weight is 413 g/mol. The summed E-state index contributed by atoms with van der Waals surface area (Å²) in [5.74, 6) is 0.673. The summed E-state index contributed by atoms with van der Waals surface area (Å²) in [5, 5.41) is 6.31.